The van der Waals surface area contributed by atoms with E-state index in [0.29, 0.717) is 76.8 Å². The first-order valence-corrected chi connectivity index (χ1v) is 19.7. The molecule has 7 rings (SSSR count). The van der Waals surface area contributed by atoms with Gasteiger partial charge in [-0.05, 0) is 96.1 Å². The number of ether oxygens (including phenoxy) is 10. The standard InChI is InChI=1S/C46H49NO13/c1-51-36-18-27(19-37(52-2)44(36)55-5)33(48)16-13-26-11-14-29(15-12-26)57-17-9-7-8-10-40(49)47-43-31-23-35-34(59-25-60-35)22-30(31)41(42-32(43)24-58-46(42)50)28-20-38(53-3)45(56-6)39(21-28)54-4/h11-16,18-23,32,41-43H,7-10,17,24-25H2,1-6H3,(H,47,49)/b16-13+/t32-,41+,42-,43+/m0/s1. The highest BCUT2D eigenvalue weighted by Gasteiger charge is 2.53. The molecule has 14 nitrogen and oxygen atoms in total. The molecule has 2 aliphatic heterocycles. The molecule has 4 aromatic rings. The molecule has 0 saturated carbocycles. The SMILES string of the molecule is COc1cc(C(=O)/C=C/c2ccc(OCCCCCC(=O)N[C@@H]3c4cc5c(cc4[C@@H](c4cc(OC)c(OC)c(OC)c4)[C@H]4C(=O)OC[C@@H]43)OCO5)cc2)cc(OC)c1OC. The zero-order chi connectivity index (χ0) is 42.3. The molecule has 1 fully saturated rings. The molecule has 14 heteroatoms. The second kappa shape index (κ2) is 18.6. The van der Waals surface area contributed by atoms with Crippen molar-refractivity contribution in [2.45, 2.75) is 37.6 Å². The first kappa shape index (κ1) is 41.6. The van der Waals surface area contributed by atoms with E-state index >= 15 is 0 Å². The van der Waals surface area contributed by atoms with E-state index < -0.39 is 17.9 Å². The number of cyclic esters (lactones) is 1. The summed E-state index contributed by atoms with van der Waals surface area (Å²) in [6, 6.07) is 17.7. The Labute approximate surface area is 348 Å². The fourth-order valence-electron chi connectivity index (χ4n) is 8.20. The number of hydrogen-bond acceptors (Lipinski definition) is 13. The Balaban J connectivity index is 0.947. The summed E-state index contributed by atoms with van der Waals surface area (Å²) in [6.45, 7) is 0.711. The number of methoxy groups -OCH3 is 6. The third-order valence-corrected chi connectivity index (χ3v) is 11.1. The third kappa shape index (κ3) is 8.45. The number of ketones is 1. The highest BCUT2D eigenvalue weighted by atomic mass is 16.7. The number of fused-ring (bicyclic) bond motifs is 3. The molecule has 4 atom stereocenters. The van der Waals surface area contributed by atoms with Gasteiger partial charge in [-0.1, -0.05) is 18.2 Å². The van der Waals surface area contributed by atoms with Crippen LogP contribution < -0.4 is 47.9 Å². The molecule has 0 spiro atoms. The smallest absolute Gasteiger partial charge is 0.310 e. The number of benzene rings is 4. The van der Waals surface area contributed by atoms with Gasteiger partial charge >= 0.3 is 5.97 Å². The van der Waals surface area contributed by atoms with Crippen LogP contribution in [0.4, 0.5) is 0 Å². The first-order valence-electron chi connectivity index (χ1n) is 19.7. The summed E-state index contributed by atoms with van der Waals surface area (Å²) >= 11 is 0. The molecule has 1 saturated heterocycles. The number of allylic oxidation sites excluding steroid dienone is 1. The molecule has 1 amide bonds. The van der Waals surface area contributed by atoms with Crippen molar-refractivity contribution in [3.05, 3.63) is 94.6 Å². The number of carbonyl (C=O) groups is 3. The molecule has 0 radical (unpaired) electrons. The fraction of sp³-hybridized carbons (Fsp3) is 0.370. The monoisotopic (exact) mass is 823 g/mol. The van der Waals surface area contributed by atoms with Crippen LogP contribution in [-0.2, 0) is 14.3 Å². The number of amides is 1. The summed E-state index contributed by atoms with van der Waals surface area (Å²) in [7, 11) is 9.14. The first-order chi connectivity index (χ1) is 29.2. The van der Waals surface area contributed by atoms with Crippen LogP contribution in [0.3, 0.4) is 0 Å². The number of rotatable bonds is 18. The third-order valence-electron chi connectivity index (χ3n) is 11.1. The molecule has 0 bridgehead atoms. The lowest BCUT2D eigenvalue weighted by molar-refractivity contribution is -0.141. The van der Waals surface area contributed by atoms with E-state index in [1.165, 1.54) is 34.5 Å². The minimum Gasteiger partial charge on any atom is -0.494 e. The van der Waals surface area contributed by atoms with Crippen LogP contribution in [0, 0.1) is 11.8 Å². The van der Waals surface area contributed by atoms with Crippen molar-refractivity contribution in [2.75, 3.05) is 62.7 Å². The minimum absolute atomic E-state index is 0.0762. The maximum Gasteiger partial charge on any atom is 0.310 e. The Morgan fingerprint density at radius 1 is 0.717 bits per heavy atom. The summed E-state index contributed by atoms with van der Waals surface area (Å²) < 4.78 is 56.2. The van der Waals surface area contributed by atoms with Crippen molar-refractivity contribution in [1.82, 2.24) is 5.32 Å². The minimum atomic E-state index is -0.593. The maximum absolute atomic E-state index is 13.5. The normalized spacial score (nSPS) is 18.5. The van der Waals surface area contributed by atoms with E-state index in [1.54, 1.807) is 32.4 Å². The number of unbranched alkanes of at least 4 members (excludes halogenated alkanes) is 2. The van der Waals surface area contributed by atoms with Crippen LogP contribution in [0.2, 0.25) is 0 Å². The van der Waals surface area contributed by atoms with Crippen molar-refractivity contribution >= 4 is 23.7 Å². The second-order valence-corrected chi connectivity index (χ2v) is 14.5. The molecule has 2 heterocycles. The van der Waals surface area contributed by atoms with Crippen LogP contribution in [0.25, 0.3) is 6.08 Å². The Bertz CT molecular complexity index is 2200. The van der Waals surface area contributed by atoms with Gasteiger partial charge in [0.15, 0.2) is 40.3 Å². The van der Waals surface area contributed by atoms with Gasteiger partial charge in [0.25, 0.3) is 0 Å². The van der Waals surface area contributed by atoms with Crippen LogP contribution in [0.5, 0.6) is 51.7 Å². The second-order valence-electron chi connectivity index (χ2n) is 14.5. The molecule has 4 aromatic carbocycles. The highest BCUT2D eigenvalue weighted by molar-refractivity contribution is 6.07. The Morgan fingerprint density at radius 3 is 1.92 bits per heavy atom. The maximum atomic E-state index is 13.5. The quantitative estimate of drug-likeness (QED) is 0.0470. The van der Waals surface area contributed by atoms with Crippen molar-refractivity contribution in [1.29, 1.82) is 0 Å². The van der Waals surface area contributed by atoms with E-state index in [-0.39, 0.29) is 37.0 Å². The molecule has 316 valence electrons. The average Bonchev–Trinajstić information content (AvgIpc) is 3.91. The molecule has 0 unspecified atom stereocenters. The zero-order valence-electron chi connectivity index (χ0n) is 34.5. The van der Waals surface area contributed by atoms with Gasteiger partial charge in [0, 0.05) is 23.8 Å². The zero-order valence-corrected chi connectivity index (χ0v) is 34.5. The van der Waals surface area contributed by atoms with Gasteiger partial charge in [0.1, 0.15) is 5.75 Å². The predicted octanol–water partition coefficient (Wildman–Crippen LogP) is 7.09. The van der Waals surface area contributed by atoms with E-state index in [4.69, 9.17) is 47.4 Å². The number of esters is 1. The molecule has 3 aliphatic rings. The average molecular weight is 824 g/mol. The van der Waals surface area contributed by atoms with Crippen molar-refractivity contribution < 1.29 is 61.8 Å². The Hall–Kier alpha value is -6.57. The van der Waals surface area contributed by atoms with Crippen LogP contribution >= 0.6 is 0 Å². The van der Waals surface area contributed by atoms with Gasteiger partial charge in [-0.3, -0.25) is 14.4 Å². The van der Waals surface area contributed by atoms with Gasteiger partial charge in [0.2, 0.25) is 24.2 Å². The van der Waals surface area contributed by atoms with E-state index in [0.717, 1.165) is 35.1 Å². The van der Waals surface area contributed by atoms with Gasteiger partial charge < -0.3 is 52.7 Å². The summed E-state index contributed by atoms with van der Waals surface area (Å²) in [6.07, 6.45) is 5.69. The van der Waals surface area contributed by atoms with Gasteiger partial charge in [-0.25, -0.2) is 0 Å². The lowest BCUT2D eigenvalue weighted by Crippen LogP contribution is -2.42. The van der Waals surface area contributed by atoms with E-state index in [1.807, 2.05) is 48.5 Å². The summed E-state index contributed by atoms with van der Waals surface area (Å²) in [5.41, 5.74) is 3.67. The highest BCUT2D eigenvalue weighted by Crippen LogP contribution is 2.55. The number of hydrogen-bond donors (Lipinski definition) is 1. The van der Waals surface area contributed by atoms with E-state index in [9.17, 15) is 14.4 Å². The molecular weight excluding hydrogens is 775 g/mol. The number of nitrogens with one attached hydrogen (secondary N) is 1. The Kier molecular flexibility index (Phi) is 12.9. The molecular formula is C46H49NO13. The van der Waals surface area contributed by atoms with Crippen molar-refractivity contribution in [3.63, 3.8) is 0 Å². The molecule has 1 N–H and O–H groups in total. The van der Waals surface area contributed by atoms with Gasteiger partial charge in [-0.15, -0.1) is 0 Å². The summed E-state index contributed by atoms with van der Waals surface area (Å²) in [5.74, 6) is 2.37. The largest absolute Gasteiger partial charge is 0.494 e. The molecule has 60 heavy (non-hydrogen) atoms. The van der Waals surface area contributed by atoms with Crippen LogP contribution in [0.15, 0.2) is 66.7 Å². The van der Waals surface area contributed by atoms with Crippen LogP contribution in [-0.4, -0.2) is 80.3 Å². The summed E-state index contributed by atoms with van der Waals surface area (Å²) in [4.78, 5) is 40.0. The lowest BCUT2D eigenvalue weighted by Gasteiger charge is -2.39. The molecule has 1 aliphatic carbocycles. The van der Waals surface area contributed by atoms with Crippen LogP contribution in [0.1, 0.15) is 70.3 Å². The fourth-order valence-corrected chi connectivity index (χ4v) is 8.20. The number of carbonyl (C=O) groups excluding carboxylic acids is 3. The lowest BCUT2D eigenvalue weighted by atomic mass is 9.65. The molecule has 0 aromatic heterocycles. The van der Waals surface area contributed by atoms with E-state index in [2.05, 4.69) is 5.32 Å². The van der Waals surface area contributed by atoms with Gasteiger partial charge in [0.05, 0.1) is 67.8 Å². The van der Waals surface area contributed by atoms with Crippen molar-refractivity contribution in [3.8, 4) is 51.7 Å². The van der Waals surface area contributed by atoms with Gasteiger partial charge in [-0.2, -0.15) is 0 Å². The topological polar surface area (TPSA) is 156 Å². The predicted molar refractivity (Wildman–Crippen MR) is 219 cm³/mol. The summed E-state index contributed by atoms with van der Waals surface area (Å²) in [5, 5.41) is 3.25. The van der Waals surface area contributed by atoms with Crippen molar-refractivity contribution in [2.24, 2.45) is 11.8 Å². The Morgan fingerprint density at radius 2 is 1.32 bits per heavy atom.